The van der Waals surface area contributed by atoms with Gasteiger partial charge in [-0.15, -0.1) is 0 Å². The molecular formula is C20H28N4O2. The Balaban J connectivity index is 1.85. The molecule has 6 nitrogen and oxygen atoms in total. The summed E-state index contributed by atoms with van der Waals surface area (Å²) in [6.07, 6.45) is 2.62. The van der Waals surface area contributed by atoms with Crippen molar-refractivity contribution < 1.29 is 9.47 Å². The summed E-state index contributed by atoms with van der Waals surface area (Å²) in [6.45, 7) is 5.96. The van der Waals surface area contributed by atoms with E-state index in [0.29, 0.717) is 19.0 Å². The second kappa shape index (κ2) is 10.3. The predicted molar refractivity (Wildman–Crippen MR) is 105 cm³/mol. The Kier molecular flexibility index (Phi) is 7.74. The highest BCUT2D eigenvalue weighted by molar-refractivity contribution is 5.79. The van der Waals surface area contributed by atoms with Gasteiger partial charge < -0.3 is 20.1 Å². The fourth-order valence-corrected chi connectivity index (χ4v) is 2.57. The van der Waals surface area contributed by atoms with Crippen molar-refractivity contribution >= 4 is 5.96 Å². The normalized spacial score (nSPS) is 11.2. The van der Waals surface area contributed by atoms with Crippen LogP contribution >= 0.6 is 0 Å². The number of nitrogens with zero attached hydrogens (tertiary/aromatic N) is 2. The Hall–Kier alpha value is -2.76. The minimum absolute atomic E-state index is 0.594. The maximum absolute atomic E-state index is 5.55. The molecule has 6 heteroatoms. The van der Waals surface area contributed by atoms with Crippen molar-refractivity contribution in [1.29, 1.82) is 0 Å². The van der Waals surface area contributed by atoms with E-state index in [2.05, 4.69) is 38.8 Å². The van der Waals surface area contributed by atoms with Crippen LogP contribution in [0.1, 0.15) is 23.6 Å². The summed E-state index contributed by atoms with van der Waals surface area (Å²) in [5.74, 6) is 2.32. The van der Waals surface area contributed by atoms with Crippen molar-refractivity contribution in [3.05, 3.63) is 53.2 Å². The van der Waals surface area contributed by atoms with Crippen LogP contribution in [0, 0.1) is 6.92 Å². The van der Waals surface area contributed by atoms with E-state index in [4.69, 9.17) is 9.47 Å². The van der Waals surface area contributed by atoms with Crippen molar-refractivity contribution in [3.8, 4) is 11.6 Å². The van der Waals surface area contributed by atoms with Gasteiger partial charge >= 0.3 is 0 Å². The van der Waals surface area contributed by atoms with Gasteiger partial charge in [-0.05, 0) is 43.5 Å². The minimum Gasteiger partial charge on any atom is -0.496 e. The summed E-state index contributed by atoms with van der Waals surface area (Å²) in [5, 5.41) is 6.63. The van der Waals surface area contributed by atoms with Crippen molar-refractivity contribution in [2.45, 2.75) is 26.8 Å². The maximum Gasteiger partial charge on any atom is 0.218 e. The van der Waals surface area contributed by atoms with E-state index in [-0.39, 0.29) is 0 Å². The van der Waals surface area contributed by atoms with Gasteiger partial charge in [0.1, 0.15) is 5.75 Å². The zero-order valence-electron chi connectivity index (χ0n) is 16.0. The molecule has 0 saturated carbocycles. The van der Waals surface area contributed by atoms with Gasteiger partial charge in [0.25, 0.3) is 0 Å². The van der Waals surface area contributed by atoms with Gasteiger partial charge in [0.15, 0.2) is 5.96 Å². The summed E-state index contributed by atoms with van der Waals surface area (Å²) in [7, 11) is 3.46. The average Bonchev–Trinajstić information content (AvgIpc) is 2.67. The van der Waals surface area contributed by atoms with E-state index in [1.54, 1.807) is 20.4 Å². The van der Waals surface area contributed by atoms with Gasteiger partial charge in [-0.25, -0.2) is 4.98 Å². The summed E-state index contributed by atoms with van der Waals surface area (Å²) in [4.78, 5) is 8.53. The molecule has 2 aromatic rings. The Bertz CT molecular complexity index is 732. The molecule has 140 valence electrons. The van der Waals surface area contributed by atoms with E-state index in [9.17, 15) is 0 Å². The van der Waals surface area contributed by atoms with Crippen molar-refractivity contribution in [3.63, 3.8) is 0 Å². The van der Waals surface area contributed by atoms with Crippen LogP contribution in [0.4, 0.5) is 0 Å². The summed E-state index contributed by atoms with van der Waals surface area (Å²) in [6, 6.07) is 10.2. The third-order valence-corrected chi connectivity index (χ3v) is 3.98. The first-order valence-corrected chi connectivity index (χ1v) is 8.82. The summed E-state index contributed by atoms with van der Waals surface area (Å²) in [5.41, 5.74) is 3.37. The minimum atomic E-state index is 0.594. The maximum atomic E-state index is 5.55. The number of aliphatic imine (C=N–C) groups is 1. The predicted octanol–water partition coefficient (Wildman–Crippen LogP) is 2.71. The number of guanidine groups is 1. The number of benzene rings is 1. The first-order valence-electron chi connectivity index (χ1n) is 8.82. The third kappa shape index (κ3) is 5.65. The van der Waals surface area contributed by atoms with E-state index in [1.807, 2.05) is 26.0 Å². The van der Waals surface area contributed by atoms with Crippen LogP contribution in [0.2, 0.25) is 0 Å². The number of hydrogen-bond acceptors (Lipinski definition) is 4. The largest absolute Gasteiger partial charge is 0.496 e. The number of rotatable bonds is 8. The molecule has 1 aromatic carbocycles. The van der Waals surface area contributed by atoms with Gasteiger partial charge in [0.05, 0.1) is 13.7 Å². The Morgan fingerprint density at radius 3 is 2.81 bits per heavy atom. The molecule has 0 aliphatic heterocycles. The molecule has 0 bridgehead atoms. The second-order valence-corrected chi connectivity index (χ2v) is 5.81. The van der Waals surface area contributed by atoms with Crippen LogP contribution in [0.15, 0.2) is 41.5 Å². The molecule has 1 aromatic heterocycles. The van der Waals surface area contributed by atoms with Crippen LogP contribution in [0.5, 0.6) is 11.6 Å². The SMILES string of the molecule is CCOc1ncccc1CNC(=NC)NCCc1ccc(C)c(OC)c1. The highest BCUT2D eigenvalue weighted by Gasteiger charge is 2.06. The number of hydrogen-bond donors (Lipinski definition) is 2. The first-order chi connectivity index (χ1) is 12.7. The molecule has 2 N–H and O–H groups in total. The smallest absolute Gasteiger partial charge is 0.218 e. The average molecular weight is 356 g/mol. The lowest BCUT2D eigenvalue weighted by atomic mass is 10.1. The van der Waals surface area contributed by atoms with E-state index < -0.39 is 0 Å². The first kappa shape index (κ1) is 19.6. The third-order valence-electron chi connectivity index (χ3n) is 3.98. The van der Waals surface area contributed by atoms with Crippen LogP contribution in [-0.4, -0.2) is 38.3 Å². The van der Waals surface area contributed by atoms with Gasteiger partial charge in [-0.2, -0.15) is 0 Å². The quantitative estimate of drug-likeness (QED) is 0.562. The van der Waals surface area contributed by atoms with Gasteiger partial charge in [-0.1, -0.05) is 18.2 Å². The Labute approximate surface area is 155 Å². The number of methoxy groups -OCH3 is 1. The fourth-order valence-electron chi connectivity index (χ4n) is 2.57. The van der Waals surface area contributed by atoms with Gasteiger partial charge in [0.2, 0.25) is 5.88 Å². The molecule has 0 radical (unpaired) electrons. The molecule has 0 fully saturated rings. The van der Waals surface area contributed by atoms with Crippen LogP contribution in [0.25, 0.3) is 0 Å². The Morgan fingerprint density at radius 1 is 1.23 bits per heavy atom. The lowest BCUT2D eigenvalue weighted by Gasteiger charge is -2.14. The van der Waals surface area contributed by atoms with Crippen molar-refractivity contribution in [1.82, 2.24) is 15.6 Å². The van der Waals surface area contributed by atoms with Crippen LogP contribution < -0.4 is 20.1 Å². The standard InChI is InChI=1S/C20H28N4O2/c1-5-26-19-17(7-6-11-22-19)14-24-20(21-3)23-12-10-16-9-8-15(2)18(13-16)25-4/h6-9,11,13H,5,10,12,14H2,1-4H3,(H2,21,23,24). The lowest BCUT2D eigenvalue weighted by Crippen LogP contribution is -2.38. The van der Waals surface area contributed by atoms with Crippen molar-refractivity contribution in [2.24, 2.45) is 4.99 Å². The molecule has 2 rings (SSSR count). The molecule has 26 heavy (non-hydrogen) atoms. The van der Waals surface area contributed by atoms with Crippen LogP contribution in [-0.2, 0) is 13.0 Å². The molecule has 0 amide bonds. The van der Waals surface area contributed by atoms with E-state index in [0.717, 1.165) is 35.8 Å². The van der Waals surface area contributed by atoms with Crippen LogP contribution in [0.3, 0.4) is 0 Å². The molecule has 0 aliphatic carbocycles. The van der Waals surface area contributed by atoms with Gasteiger partial charge in [-0.3, -0.25) is 4.99 Å². The lowest BCUT2D eigenvalue weighted by molar-refractivity contribution is 0.322. The van der Waals surface area contributed by atoms with E-state index >= 15 is 0 Å². The molecule has 0 spiro atoms. The summed E-state index contributed by atoms with van der Waals surface area (Å²) < 4.78 is 10.9. The number of pyridine rings is 1. The molecular weight excluding hydrogens is 328 g/mol. The molecule has 0 atom stereocenters. The van der Waals surface area contributed by atoms with E-state index in [1.165, 1.54) is 5.56 Å². The highest BCUT2D eigenvalue weighted by atomic mass is 16.5. The fraction of sp³-hybridized carbons (Fsp3) is 0.400. The Morgan fingerprint density at radius 2 is 2.08 bits per heavy atom. The summed E-state index contributed by atoms with van der Waals surface area (Å²) >= 11 is 0. The highest BCUT2D eigenvalue weighted by Crippen LogP contribution is 2.19. The number of ether oxygens (including phenoxy) is 2. The second-order valence-electron chi connectivity index (χ2n) is 5.81. The van der Waals surface area contributed by atoms with Crippen molar-refractivity contribution in [2.75, 3.05) is 27.3 Å². The number of nitrogens with one attached hydrogen (secondary N) is 2. The number of aryl methyl sites for hydroxylation is 1. The molecule has 0 unspecified atom stereocenters. The zero-order valence-corrected chi connectivity index (χ0v) is 16.0. The van der Waals surface area contributed by atoms with Gasteiger partial charge in [0, 0.05) is 31.9 Å². The zero-order chi connectivity index (χ0) is 18.8. The molecule has 0 saturated heterocycles. The molecule has 1 heterocycles. The monoisotopic (exact) mass is 356 g/mol. The number of aromatic nitrogens is 1. The molecule has 0 aliphatic rings. The topological polar surface area (TPSA) is 67.8 Å².